The Balaban J connectivity index is 0.000000196. The predicted octanol–water partition coefficient (Wildman–Crippen LogP) is 16.8. The van der Waals surface area contributed by atoms with E-state index in [4.69, 9.17) is 48.4 Å². The number of carboxylic acid groups (broad SMARTS) is 1. The van der Waals surface area contributed by atoms with Gasteiger partial charge in [-0.25, -0.2) is 4.79 Å². The Labute approximate surface area is 861 Å². The number of methoxy groups -OCH3 is 2. The van der Waals surface area contributed by atoms with E-state index in [1.165, 1.54) is 25.3 Å². The number of carbonyl (C=O) groups excluding carboxylic acids is 13. The third-order valence-corrected chi connectivity index (χ3v) is 28.7. The topological polar surface area (TPSA) is 413 Å². The molecule has 10 aromatic rings. The van der Waals surface area contributed by atoms with Crippen molar-refractivity contribution in [1.29, 1.82) is 0 Å². The summed E-state index contributed by atoms with van der Waals surface area (Å²) in [5, 5.41) is 20.6. The van der Waals surface area contributed by atoms with E-state index in [1.54, 1.807) is 98.5 Å². The van der Waals surface area contributed by atoms with E-state index in [0.717, 1.165) is 81.8 Å². The number of nitrogens with one attached hydrogen (secondary N) is 4. The zero-order chi connectivity index (χ0) is 105. The van der Waals surface area contributed by atoms with Crippen LogP contribution in [0.2, 0.25) is 0 Å². The van der Waals surface area contributed by atoms with Crippen molar-refractivity contribution >= 4 is 141 Å². The lowest BCUT2D eigenvalue weighted by Gasteiger charge is -2.23. The summed E-state index contributed by atoms with van der Waals surface area (Å²) in [6.07, 6.45) is 10.5. The van der Waals surface area contributed by atoms with E-state index in [0.29, 0.717) is 145 Å². The highest BCUT2D eigenvalue weighted by molar-refractivity contribution is 6.17. The fraction of sp³-hybridized carbons (Fsp3) is 0.345. The molecule has 0 saturated carbocycles. The first-order valence-corrected chi connectivity index (χ1v) is 50.6. The number of aliphatic carboxylic acids is 1. The first-order valence-electron chi connectivity index (χ1n) is 50.6. The van der Waals surface area contributed by atoms with Gasteiger partial charge in [0, 0.05) is 158 Å². The zero-order valence-corrected chi connectivity index (χ0v) is 84.2. The highest BCUT2D eigenvalue weighted by Crippen LogP contribution is 2.47. The van der Waals surface area contributed by atoms with Crippen LogP contribution in [-0.4, -0.2) is 156 Å². The van der Waals surface area contributed by atoms with Crippen LogP contribution < -0.4 is 69.3 Å². The first kappa shape index (κ1) is 103. The largest absolute Gasteiger partial charge is 0.493 e. The molecule has 0 unspecified atom stereocenters. The van der Waals surface area contributed by atoms with Crippen LogP contribution in [0, 0.1) is 25.7 Å². The Morgan fingerprint density at radius 3 is 1.13 bits per heavy atom. The molecule has 1 fully saturated rings. The molecule has 768 valence electrons. The second-order valence-corrected chi connectivity index (χ2v) is 39.5. The molecule has 149 heavy (non-hydrogen) atoms. The molecule has 10 amide bonds. The van der Waals surface area contributed by atoms with Crippen molar-refractivity contribution in [3.63, 3.8) is 0 Å². The molecule has 0 bridgehead atoms. The Bertz CT molecular complexity index is 7110. The zero-order valence-electron chi connectivity index (χ0n) is 84.2. The molecule has 0 aromatic heterocycles. The number of para-hydroxylation sites is 4. The maximum Gasteiger partial charge on any atom is 0.333 e. The van der Waals surface area contributed by atoms with E-state index < -0.39 is 65.4 Å². The molecule has 10 aromatic carbocycles. The number of carbonyl (C=O) groups is 14. The van der Waals surface area contributed by atoms with Crippen molar-refractivity contribution in [3.8, 4) is 34.5 Å². The monoisotopic (exact) mass is 2020 g/mol. The van der Waals surface area contributed by atoms with Crippen LogP contribution in [-0.2, 0) is 118 Å². The second-order valence-electron chi connectivity index (χ2n) is 39.5. The smallest absolute Gasteiger partial charge is 0.333 e. The third kappa shape index (κ3) is 22.9. The Morgan fingerprint density at radius 2 is 0.745 bits per heavy atom. The van der Waals surface area contributed by atoms with Gasteiger partial charge in [0.2, 0.25) is 23.6 Å². The van der Waals surface area contributed by atoms with E-state index in [9.17, 15) is 67.1 Å². The molecule has 33 heteroatoms. The minimum Gasteiger partial charge on any atom is -0.493 e. The van der Waals surface area contributed by atoms with Crippen molar-refractivity contribution in [1.82, 2.24) is 15.7 Å². The molecular weight excluding hydrogens is 1900 g/mol. The van der Waals surface area contributed by atoms with Gasteiger partial charge in [0.05, 0.1) is 60.9 Å². The number of Topliss-reactive ketones (excluding diaryl/α,β-unsaturated/α-hetero) is 2. The number of aliphatic imine (C=N–C) groups is 2. The van der Waals surface area contributed by atoms with Crippen LogP contribution in [0.3, 0.4) is 0 Å². The number of hydrogen-bond acceptors (Lipinski definition) is 23. The molecular formula is C116H117N11O22. The number of imide groups is 1. The summed E-state index contributed by atoms with van der Waals surface area (Å²) in [4.78, 5) is 204. The van der Waals surface area contributed by atoms with Crippen LogP contribution in [0.5, 0.6) is 34.5 Å². The molecule has 33 nitrogen and oxygen atoms in total. The molecule has 8 atom stereocenters. The van der Waals surface area contributed by atoms with Crippen molar-refractivity contribution in [3.05, 3.63) is 271 Å². The molecule has 19 rings (SSSR count). The fourth-order valence-electron chi connectivity index (χ4n) is 20.8. The fourth-order valence-corrected chi connectivity index (χ4v) is 20.8. The van der Waals surface area contributed by atoms with Gasteiger partial charge in [0.15, 0.2) is 34.6 Å². The summed E-state index contributed by atoms with van der Waals surface area (Å²) in [5.74, 6) is -4.51. The molecule has 0 aliphatic carbocycles. The van der Waals surface area contributed by atoms with Crippen molar-refractivity contribution in [2.24, 2.45) is 21.8 Å². The lowest BCUT2D eigenvalue weighted by molar-refractivity contribution is -0.197. The van der Waals surface area contributed by atoms with Gasteiger partial charge >= 0.3 is 11.9 Å². The normalized spacial score (nSPS) is 17.3. The summed E-state index contributed by atoms with van der Waals surface area (Å²) in [6, 6.07) is 55.1. The number of unbranched alkanes of at least 4 members (excludes halogenated alkanes) is 2. The average molecular weight is 2020 g/mol. The Kier molecular flexibility index (Phi) is 30.9. The average Bonchev–Trinajstić information content (AvgIpc) is 1.62. The van der Waals surface area contributed by atoms with Gasteiger partial charge in [0.25, 0.3) is 35.4 Å². The van der Waals surface area contributed by atoms with Crippen LogP contribution in [0.1, 0.15) is 226 Å². The number of nitrogens with zero attached hydrogens (tertiary/aromatic N) is 7. The maximum absolute atomic E-state index is 14.1. The summed E-state index contributed by atoms with van der Waals surface area (Å²) in [7, 11) is 3.01. The second kappa shape index (κ2) is 44.8. The summed E-state index contributed by atoms with van der Waals surface area (Å²) < 4.78 is 37.4. The van der Waals surface area contributed by atoms with Crippen LogP contribution >= 0.6 is 0 Å². The van der Waals surface area contributed by atoms with Crippen LogP contribution in [0.25, 0.3) is 0 Å². The van der Waals surface area contributed by atoms with Gasteiger partial charge in [-0.3, -0.25) is 82.1 Å². The van der Waals surface area contributed by atoms with Crippen molar-refractivity contribution < 1.29 is 105 Å². The summed E-state index contributed by atoms with van der Waals surface area (Å²) in [5.41, 5.74) is 18.1. The maximum atomic E-state index is 14.1. The molecule has 9 aliphatic heterocycles. The molecule has 5 N–H and O–H groups in total. The number of fused-ring (bicyclic) bond motifs is 16. The Hall–Kier alpha value is -16.5. The summed E-state index contributed by atoms with van der Waals surface area (Å²) >= 11 is 0. The number of anilines is 6. The SMILES string of the molecule is COc1cc2c(cc1OCc1cc(COc3cc4c(cc3C)C(=O)N3c5ccccc5C[C@H]3CC4)cc(NC(=O)[C@@H](C)CC(=O)[C@H](C)NC(=O)CCCCC(=O)O)c1)N=C[C@@H]1Cc3ccccc3N1C2=O.COc1cc2c(cc1OCc1cc(COc3cc4c(cc3C)C(=O)N3c5ccccc5C[C@H]3CC4)cc(NC(=O)[C@@H](C)CC(=O)[C@H](C)NC(=O)CCCCC(=O)ON3C(=O)CCC3=O)c1)N=C[C@@H]1Cc3ccccc3N1C2=O. The number of carboxylic acids is 1. The highest BCUT2D eigenvalue weighted by Gasteiger charge is 2.44. The van der Waals surface area contributed by atoms with Crippen molar-refractivity contribution in [2.75, 3.05) is 44.5 Å². The third-order valence-electron chi connectivity index (χ3n) is 28.7. The van der Waals surface area contributed by atoms with Gasteiger partial charge < -0.3 is 69.4 Å². The first-order chi connectivity index (χ1) is 71.8. The lowest BCUT2D eigenvalue weighted by atomic mass is 9.98. The van der Waals surface area contributed by atoms with Gasteiger partial charge in [-0.05, 0) is 256 Å². The van der Waals surface area contributed by atoms with Gasteiger partial charge in [-0.15, -0.1) is 5.06 Å². The van der Waals surface area contributed by atoms with Crippen LogP contribution in [0.15, 0.2) is 192 Å². The van der Waals surface area contributed by atoms with Crippen molar-refractivity contribution in [2.45, 2.75) is 233 Å². The molecule has 0 spiro atoms. The highest BCUT2D eigenvalue weighted by atomic mass is 16.7. The van der Waals surface area contributed by atoms with E-state index >= 15 is 0 Å². The number of benzene rings is 10. The van der Waals surface area contributed by atoms with E-state index in [1.807, 2.05) is 145 Å². The number of hydrogen-bond donors (Lipinski definition) is 5. The Morgan fingerprint density at radius 1 is 0.389 bits per heavy atom. The number of ketones is 2. The standard InChI is InChI=1S/C60H60N6O12.C56H57N5O10/c1-34-21-45-39(17-18-43-26-40-11-5-7-13-48(40)64(43)59(45)73)28-51(34)76-32-37-23-38(33-77-53-30-47-46(29-52(53)75-4)60(74)65-44(31-61-47)27-41-12-6-8-14-49(41)65)25-42(24-37)63-58(72)35(2)22-50(67)36(3)62-54(68)15-9-10-16-57(71)78-66-55(69)19-20-56(66)70;1-32-19-43-37(17-18-41-24-38-11-5-7-13-46(38)60(41)55(43)67)26-49(32)70-30-35-21-36(23-40(22-35)59-54(66)33(2)20-48(62)34(3)58-52(63)15-9-10-16-53(64)65)31-71-51-28-45-44(27-50(51)69-4)56(68)61-42(29-57-45)25-39-12-6-8-14-47(39)61/h5-8,11-14,21,23-25,28-31,35-36,43-44H,9-10,15-20,22,26-27,32-33H2,1-4H3,(H,62,68)(H,63,72);5-8,11-14,19,21-23,26-29,33-34,41-42H,9-10,15-18,20,24-25,30-31H2,1-4H3,(H,58,63)(H,59,66)(H,64,65)/t35-,36-,43+,44-;33-,34-,41+,42-/m00/s1. The van der Waals surface area contributed by atoms with Gasteiger partial charge in [-0.2, -0.15) is 0 Å². The van der Waals surface area contributed by atoms with E-state index in [2.05, 4.69) is 33.4 Å². The lowest BCUT2D eigenvalue weighted by Crippen LogP contribution is -2.39. The summed E-state index contributed by atoms with van der Waals surface area (Å²) in [6.45, 7) is 10.4. The number of amides is 10. The quantitative estimate of drug-likeness (QED) is 0.0178. The van der Waals surface area contributed by atoms with Gasteiger partial charge in [-0.1, -0.05) is 86.6 Å². The number of ether oxygens (including phenoxy) is 6. The number of hydroxylamine groups is 2. The van der Waals surface area contributed by atoms with Crippen LogP contribution in [0.4, 0.5) is 45.5 Å². The number of rotatable bonds is 37. The molecule has 0 radical (unpaired) electrons. The minimum atomic E-state index is -0.933. The number of aryl methyl sites for hydroxylation is 4. The molecule has 1 saturated heterocycles. The van der Waals surface area contributed by atoms with E-state index in [-0.39, 0.29) is 156 Å². The predicted molar refractivity (Wildman–Crippen MR) is 556 cm³/mol. The molecule has 9 heterocycles. The molecule has 9 aliphatic rings. The van der Waals surface area contributed by atoms with Gasteiger partial charge in [0.1, 0.15) is 37.9 Å². The minimum absolute atomic E-state index is 0.00236.